The van der Waals surface area contributed by atoms with Gasteiger partial charge in [-0.05, 0) is 31.1 Å². The lowest BCUT2D eigenvalue weighted by molar-refractivity contribution is -0.160. The van der Waals surface area contributed by atoms with Gasteiger partial charge in [0.15, 0.2) is 0 Å². The van der Waals surface area contributed by atoms with Gasteiger partial charge in [0.25, 0.3) is 0 Å². The minimum atomic E-state index is -0.552. The summed E-state index contributed by atoms with van der Waals surface area (Å²) in [5, 5.41) is 9.06. The minimum Gasteiger partial charge on any atom is -0.481 e. The summed E-state index contributed by atoms with van der Waals surface area (Å²) < 4.78 is 0. The van der Waals surface area contributed by atoms with Crippen LogP contribution in [0, 0.1) is 10.8 Å². The molecule has 2 fully saturated rings. The normalized spacial score (nSPS) is 30.6. The molecule has 0 aromatic rings. The molecule has 2 aliphatic carbocycles. The van der Waals surface area contributed by atoms with Crippen molar-refractivity contribution in [1.29, 1.82) is 0 Å². The van der Waals surface area contributed by atoms with Gasteiger partial charge in [0.2, 0.25) is 0 Å². The summed E-state index contributed by atoms with van der Waals surface area (Å²) in [5.41, 5.74) is -0.149. The Kier molecular flexibility index (Phi) is 1.16. The Labute approximate surface area is 66.6 Å². The molecule has 0 aromatic heterocycles. The van der Waals surface area contributed by atoms with Gasteiger partial charge in [0.05, 0.1) is 5.41 Å². The van der Waals surface area contributed by atoms with E-state index in [0.29, 0.717) is 0 Å². The molecule has 2 saturated carbocycles. The predicted molar refractivity (Wildman–Crippen MR) is 41.3 cm³/mol. The molecule has 62 valence electrons. The van der Waals surface area contributed by atoms with Crippen LogP contribution in [-0.2, 0) is 4.79 Å². The van der Waals surface area contributed by atoms with Gasteiger partial charge in [-0.25, -0.2) is 0 Å². The highest BCUT2D eigenvalue weighted by Gasteiger charge is 2.62. The van der Waals surface area contributed by atoms with Crippen LogP contribution in [0.15, 0.2) is 0 Å². The Bertz CT molecular complexity index is 200. The molecule has 0 amide bonds. The molecule has 1 N–H and O–H groups in total. The van der Waals surface area contributed by atoms with E-state index in [9.17, 15) is 4.79 Å². The molecular formula is C9H14O2. The summed E-state index contributed by atoms with van der Waals surface area (Å²) in [6, 6.07) is 0. The molecule has 0 radical (unpaired) electrons. The number of carboxylic acids is 1. The van der Waals surface area contributed by atoms with Crippen LogP contribution in [0.25, 0.3) is 0 Å². The van der Waals surface area contributed by atoms with Gasteiger partial charge in [-0.2, -0.15) is 0 Å². The number of hydrogen-bond acceptors (Lipinski definition) is 1. The standard InChI is InChI=1S/C9H14O2/c1-8(5-6-8)9(7(10)11)3-2-4-9/h2-6H2,1H3,(H,10,11). The number of rotatable bonds is 2. The third-order valence-corrected chi connectivity index (χ3v) is 3.77. The summed E-state index contributed by atoms with van der Waals surface area (Å²) in [4.78, 5) is 11.0. The van der Waals surface area contributed by atoms with Gasteiger partial charge in [-0.1, -0.05) is 13.3 Å². The molecule has 2 nitrogen and oxygen atoms in total. The molecular weight excluding hydrogens is 140 g/mol. The number of hydrogen-bond donors (Lipinski definition) is 1. The maximum atomic E-state index is 11.0. The Morgan fingerprint density at radius 2 is 1.82 bits per heavy atom. The molecule has 0 saturated heterocycles. The second-order valence-corrected chi connectivity index (χ2v) is 4.30. The van der Waals surface area contributed by atoms with Crippen LogP contribution in [-0.4, -0.2) is 11.1 Å². The van der Waals surface area contributed by atoms with E-state index in [2.05, 4.69) is 6.92 Å². The van der Waals surface area contributed by atoms with E-state index in [1.54, 1.807) is 0 Å². The van der Waals surface area contributed by atoms with Gasteiger partial charge in [-0.15, -0.1) is 0 Å². The fraction of sp³-hybridized carbons (Fsp3) is 0.889. The van der Waals surface area contributed by atoms with E-state index in [-0.39, 0.29) is 10.8 Å². The lowest BCUT2D eigenvalue weighted by Crippen LogP contribution is -2.44. The Morgan fingerprint density at radius 1 is 1.27 bits per heavy atom. The Morgan fingerprint density at radius 3 is 1.91 bits per heavy atom. The second-order valence-electron chi connectivity index (χ2n) is 4.30. The van der Waals surface area contributed by atoms with Crippen molar-refractivity contribution in [2.45, 2.75) is 39.0 Å². The van der Waals surface area contributed by atoms with Gasteiger partial charge in [0.1, 0.15) is 0 Å². The molecule has 11 heavy (non-hydrogen) atoms. The van der Waals surface area contributed by atoms with Crippen molar-refractivity contribution >= 4 is 5.97 Å². The predicted octanol–water partition coefficient (Wildman–Crippen LogP) is 2.04. The molecule has 2 aliphatic rings. The van der Waals surface area contributed by atoms with Crippen LogP contribution < -0.4 is 0 Å². The van der Waals surface area contributed by atoms with Crippen molar-refractivity contribution in [3.05, 3.63) is 0 Å². The van der Waals surface area contributed by atoms with Crippen LogP contribution in [0.5, 0.6) is 0 Å². The van der Waals surface area contributed by atoms with Crippen molar-refractivity contribution in [1.82, 2.24) is 0 Å². The first-order valence-electron chi connectivity index (χ1n) is 4.34. The summed E-state index contributed by atoms with van der Waals surface area (Å²) in [6.45, 7) is 2.13. The third-order valence-electron chi connectivity index (χ3n) is 3.77. The van der Waals surface area contributed by atoms with Crippen molar-refractivity contribution in [2.75, 3.05) is 0 Å². The quantitative estimate of drug-likeness (QED) is 0.660. The third kappa shape index (κ3) is 0.700. The maximum Gasteiger partial charge on any atom is 0.310 e. The van der Waals surface area contributed by atoms with E-state index in [1.807, 2.05) is 0 Å². The molecule has 0 heterocycles. The highest BCUT2D eigenvalue weighted by molar-refractivity contribution is 5.77. The topological polar surface area (TPSA) is 37.3 Å². The van der Waals surface area contributed by atoms with Crippen molar-refractivity contribution in [3.8, 4) is 0 Å². The summed E-state index contributed by atoms with van der Waals surface area (Å²) >= 11 is 0. The van der Waals surface area contributed by atoms with Crippen molar-refractivity contribution in [3.63, 3.8) is 0 Å². The van der Waals surface area contributed by atoms with E-state index in [4.69, 9.17) is 5.11 Å². The Hall–Kier alpha value is -0.530. The largest absolute Gasteiger partial charge is 0.481 e. The maximum absolute atomic E-state index is 11.0. The number of carboxylic acid groups (broad SMARTS) is 1. The van der Waals surface area contributed by atoms with E-state index < -0.39 is 5.97 Å². The minimum absolute atomic E-state index is 0.164. The smallest absolute Gasteiger partial charge is 0.310 e. The fourth-order valence-electron chi connectivity index (χ4n) is 2.27. The first-order valence-corrected chi connectivity index (χ1v) is 4.34. The summed E-state index contributed by atoms with van der Waals surface area (Å²) in [5.74, 6) is -0.552. The van der Waals surface area contributed by atoms with Gasteiger partial charge in [0, 0.05) is 0 Å². The number of carbonyl (C=O) groups is 1. The SMILES string of the molecule is CC1(C2(C(=O)O)CCC2)CC1. The molecule has 0 aliphatic heterocycles. The molecule has 2 rings (SSSR count). The molecule has 0 spiro atoms. The average Bonchev–Trinajstić information content (AvgIpc) is 2.42. The lowest BCUT2D eigenvalue weighted by atomic mass is 9.59. The van der Waals surface area contributed by atoms with E-state index in [0.717, 1.165) is 32.1 Å². The van der Waals surface area contributed by atoms with Crippen molar-refractivity contribution in [2.24, 2.45) is 10.8 Å². The average molecular weight is 154 g/mol. The van der Waals surface area contributed by atoms with Gasteiger partial charge >= 0.3 is 5.97 Å². The monoisotopic (exact) mass is 154 g/mol. The first kappa shape index (κ1) is 7.14. The van der Waals surface area contributed by atoms with Crippen molar-refractivity contribution < 1.29 is 9.90 Å². The van der Waals surface area contributed by atoms with Crippen LogP contribution in [0.4, 0.5) is 0 Å². The highest BCUT2D eigenvalue weighted by atomic mass is 16.4. The number of aliphatic carboxylic acids is 1. The van der Waals surface area contributed by atoms with Crippen LogP contribution in [0.3, 0.4) is 0 Å². The zero-order chi connectivity index (χ0) is 8.11. The van der Waals surface area contributed by atoms with Crippen LogP contribution in [0.2, 0.25) is 0 Å². The molecule has 0 aromatic carbocycles. The van der Waals surface area contributed by atoms with E-state index >= 15 is 0 Å². The van der Waals surface area contributed by atoms with Gasteiger partial charge < -0.3 is 5.11 Å². The highest BCUT2D eigenvalue weighted by Crippen LogP contribution is 2.66. The zero-order valence-electron chi connectivity index (χ0n) is 6.89. The van der Waals surface area contributed by atoms with Gasteiger partial charge in [-0.3, -0.25) is 4.79 Å². The fourth-order valence-corrected chi connectivity index (χ4v) is 2.27. The molecule has 0 atom stereocenters. The summed E-state index contributed by atoms with van der Waals surface area (Å²) in [6.07, 6.45) is 5.19. The molecule has 0 bridgehead atoms. The molecule has 0 unspecified atom stereocenters. The first-order chi connectivity index (χ1) is 5.11. The zero-order valence-corrected chi connectivity index (χ0v) is 6.89. The van der Waals surface area contributed by atoms with Crippen LogP contribution >= 0.6 is 0 Å². The lowest BCUT2D eigenvalue weighted by Gasteiger charge is -2.43. The Balaban J connectivity index is 2.23. The summed E-state index contributed by atoms with van der Waals surface area (Å²) in [7, 11) is 0. The molecule has 2 heteroatoms. The second kappa shape index (κ2) is 1.79. The van der Waals surface area contributed by atoms with Crippen LogP contribution in [0.1, 0.15) is 39.0 Å². The van der Waals surface area contributed by atoms with E-state index in [1.165, 1.54) is 0 Å².